The summed E-state index contributed by atoms with van der Waals surface area (Å²) < 4.78 is 13.2. The minimum Gasteiger partial charge on any atom is -0.335 e. The van der Waals surface area contributed by atoms with Gasteiger partial charge in [0.25, 0.3) is 0 Å². The highest BCUT2D eigenvalue weighted by Gasteiger charge is 2.34. The van der Waals surface area contributed by atoms with Crippen LogP contribution in [0, 0.1) is 11.7 Å². The lowest BCUT2D eigenvalue weighted by atomic mass is 9.93. The summed E-state index contributed by atoms with van der Waals surface area (Å²) in [7, 11) is 0. The molecule has 1 amide bonds. The number of nitrogens with two attached hydrogens (primary N) is 1. The van der Waals surface area contributed by atoms with Crippen molar-refractivity contribution in [2.75, 3.05) is 6.54 Å². The van der Waals surface area contributed by atoms with E-state index in [1.165, 1.54) is 12.1 Å². The fraction of sp³-hybridized carbons (Fsp3) is 0.350. The van der Waals surface area contributed by atoms with Crippen LogP contribution in [0.4, 0.5) is 4.39 Å². The molecule has 25 heavy (non-hydrogen) atoms. The Morgan fingerprint density at radius 1 is 1.16 bits per heavy atom. The number of amides is 1. The van der Waals surface area contributed by atoms with Crippen molar-refractivity contribution in [2.24, 2.45) is 11.7 Å². The number of halogens is 2. The average Bonchev–Trinajstić information content (AvgIpc) is 3.11. The quantitative estimate of drug-likeness (QED) is 0.883. The summed E-state index contributed by atoms with van der Waals surface area (Å²) in [5, 5.41) is 0. The Kier molecular flexibility index (Phi) is 6.57. The van der Waals surface area contributed by atoms with Crippen LogP contribution in [0.1, 0.15) is 43.0 Å². The van der Waals surface area contributed by atoms with Crippen LogP contribution in [0.5, 0.6) is 0 Å². The molecular weight excluding hydrogens is 339 g/mol. The summed E-state index contributed by atoms with van der Waals surface area (Å²) >= 11 is 0. The number of carbonyl (C=O) groups is 1. The summed E-state index contributed by atoms with van der Waals surface area (Å²) in [6.07, 6.45) is 1.87. The molecule has 1 aliphatic rings. The smallest absolute Gasteiger partial charge is 0.227 e. The summed E-state index contributed by atoms with van der Waals surface area (Å²) in [5.74, 6) is -0.485. The van der Waals surface area contributed by atoms with E-state index in [0.29, 0.717) is 0 Å². The van der Waals surface area contributed by atoms with E-state index in [-0.39, 0.29) is 42.1 Å². The molecule has 134 valence electrons. The van der Waals surface area contributed by atoms with E-state index in [9.17, 15) is 9.18 Å². The molecule has 2 N–H and O–H groups in total. The zero-order valence-electron chi connectivity index (χ0n) is 14.3. The van der Waals surface area contributed by atoms with Crippen molar-refractivity contribution in [1.29, 1.82) is 0 Å². The normalized spacial score (nSPS) is 19.2. The van der Waals surface area contributed by atoms with Crippen molar-refractivity contribution >= 4 is 18.3 Å². The summed E-state index contributed by atoms with van der Waals surface area (Å²) in [6.45, 7) is 2.62. The molecule has 1 fully saturated rings. The van der Waals surface area contributed by atoms with Crippen molar-refractivity contribution < 1.29 is 9.18 Å². The van der Waals surface area contributed by atoms with E-state index < -0.39 is 0 Å². The third-order valence-electron chi connectivity index (χ3n) is 4.90. The van der Waals surface area contributed by atoms with Crippen LogP contribution in [0.15, 0.2) is 54.6 Å². The average molecular weight is 363 g/mol. The largest absolute Gasteiger partial charge is 0.335 e. The highest BCUT2D eigenvalue weighted by molar-refractivity contribution is 5.85. The number of likely N-dealkylation sites (tertiary alicyclic amines) is 1. The topological polar surface area (TPSA) is 46.3 Å². The second-order valence-electron chi connectivity index (χ2n) is 6.47. The Balaban J connectivity index is 0.00000225. The van der Waals surface area contributed by atoms with E-state index in [1.807, 2.05) is 42.2 Å². The SMILES string of the molecule is CC(C(=O)N1CCCC1c1ccc(F)cc1)C(N)c1ccccc1.Cl. The molecule has 3 unspecified atom stereocenters. The number of hydrogen-bond acceptors (Lipinski definition) is 2. The van der Waals surface area contributed by atoms with Gasteiger partial charge in [-0.15, -0.1) is 12.4 Å². The van der Waals surface area contributed by atoms with Crippen molar-refractivity contribution in [3.8, 4) is 0 Å². The van der Waals surface area contributed by atoms with Gasteiger partial charge in [-0.05, 0) is 36.1 Å². The van der Waals surface area contributed by atoms with Crippen molar-refractivity contribution in [1.82, 2.24) is 4.90 Å². The maximum atomic E-state index is 13.2. The first-order valence-electron chi connectivity index (χ1n) is 8.44. The number of carbonyl (C=O) groups excluding carboxylic acids is 1. The minimum absolute atomic E-state index is 0. The molecule has 5 heteroatoms. The van der Waals surface area contributed by atoms with Crippen LogP contribution in [0.2, 0.25) is 0 Å². The second kappa shape index (κ2) is 8.45. The first-order chi connectivity index (χ1) is 11.6. The molecule has 1 aliphatic heterocycles. The fourth-order valence-electron chi connectivity index (χ4n) is 3.44. The lowest BCUT2D eigenvalue weighted by Crippen LogP contribution is -2.39. The van der Waals surface area contributed by atoms with E-state index in [4.69, 9.17) is 5.73 Å². The molecule has 0 aromatic heterocycles. The molecule has 0 bridgehead atoms. The van der Waals surface area contributed by atoms with Crippen LogP contribution >= 0.6 is 12.4 Å². The molecule has 1 saturated heterocycles. The zero-order valence-corrected chi connectivity index (χ0v) is 15.1. The summed E-state index contributed by atoms with van der Waals surface area (Å²) in [6, 6.07) is 15.9. The zero-order chi connectivity index (χ0) is 17.1. The first-order valence-corrected chi connectivity index (χ1v) is 8.44. The highest BCUT2D eigenvalue weighted by Crippen LogP contribution is 2.34. The molecule has 0 saturated carbocycles. The van der Waals surface area contributed by atoms with E-state index in [2.05, 4.69) is 0 Å². The van der Waals surface area contributed by atoms with Crippen LogP contribution in [0.25, 0.3) is 0 Å². The van der Waals surface area contributed by atoms with Gasteiger partial charge in [0, 0.05) is 12.6 Å². The molecule has 1 heterocycles. The monoisotopic (exact) mass is 362 g/mol. The van der Waals surface area contributed by atoms with Crippen molar-refractivity contribution in [3.05, 3.63) is 71.5 Å². The lowest BCUT2D eigenvalue weighted by molar-refractivity contribution is -0.136. The Morgan fingerprint density at radius 3 is 2.44 bits per heavy atom. The van der Waals surface area contributed by atoms with Gasteiger partial charge in [-0.25, -0.2) is 4.39 Å². The van der Waals surface area contributed by atoms with Crippen LogP contribution < -0.4 is 5.73 Å². The fourth-order valence-corrected chi connectivity index (χ4v) is 3.44. The molecule has 2 aromatic carbocycles. The van der Waals surface area contributed by atoms with Gasteiger partial charge >= 0.3 is 0 Å². The van der Waals surface area contributed by atoms with Crippen molar-refractivity contribution in [2.45, 2.75) is 31.8 Å². The van der Waals surface area contributed by atoms with Gasteiger partial charge in [-0.3, -0.25) is 4.79 Å². The van der Waals surface area contributed by atoms with E-state index in [1.54, 1.807) is 12.1 Å². The van der Waals surface area contributed by atoms with Gasteiger partial charge in [0.05, 0.1) is 12.0 Å². The predicted octanol–water partition coefficient (Wildman–Crippen LogP) is 4.25. The number of hydrogen-bond donors (Lipinski definition) is 1. The third-order valence-corrected chi connectivity index (χ3v) is 4.90. The lowest BCUT2D eigenvalue weighted by Gasteiger charge is -2.30. The molecule has 0 spiro atoms. The molecule has 0 radical (unpaired) electrons. The minimum atomic E-state index is -0.326. The third kappa shape index (κ3) is 4.20. The summed E-state index contributed by atoms with van der Waals surface area (Å²) in [4.78, 5) is 14.9. The molecule has 0 aliphatic carbocycles. The number of rotatable bonds is 4. The predicted molar refractivity (Wildman–Crippen MR) is 99.9 cm³/mol. The molecule has 3 nitrogen and oxygen atoms in total. The van der Waals surface area contributed by atoms with Gasteiger partial charge in [0.2, 0.25) is 5.91 Å². The van der Waals surface area contributed by atoms with Gasteiger partial charge in [0.15, 0.2) is 0 Å². The van der Waals surface area contributed by atoms with Crippen LogP contribution in [-0.2, 0) is 4.79 Å². The Bertz CT molecular complexity index is 693. The molecular formula is C20H24ClFN2O. The van der Waals surface area contributed by atoms with Crippen LogP contribution in [-0.4, -0.2) is 17.4 Å². The van der Waals surface area contributed by atoms with E-state index >= 15 is 0 Å². The van der Waals surface area contributed by atoms with Gasteiger partial charge in [0.1, 0.15) is 5.82 Å². The van der Waals surface area contributed by atoms with Gasteiger partial charge in [-0.1, -0.05) is 49.4 Å². The molecule has 2 aromatic rings. The summed E-state index contributed by atoms with van der Waals surface area (Å²) in [5.41, 5.74) is 8.27. The first kappa shape index (κ1) is 19.4. The Labute approximate surface area is 154 Å². The Morgan fingerprint density at radius 2 is 1.80 bits per heavy atom. The van der Waals surface area contributed by atoms with Crippen LogP contribution in [0.3, 0.4) is 0 Å². The molecule has 3 rings (SSSR count). The van der Waals surface area contributed by atoms with Gasteiger partial charge < -0.3 is 10.6 Å². The molecule has 3 atom stereocenters. The highest BCUT2D eigenvalue weighted by atomic mass is 35.5. The maximum Gasteiger partial charge on any atom is 0.227 e. The maximum absolute atomic E-state index is 13.2. The second-order valence-corrected chi connectivity index (χ2v) is 6.47. The Hall–Kier alpha value is -1.91. The van der Waals surface area contributed by atoms with Gasteiger partial charge in [-0.2, -0.15) is 0 Å². The number of nitrogens with zero attached hydrogens (tertiary/aromatic N) is 1. The van der Waals surface area contributed by atoms with E-state index in [0.717, 1.165) is 30.5 Å². The van der Waals surface area contributed by atoms with Crippen molar-refractivity contribution in [3.63, 3.8) is 0 Å². The number of benzene rings is 2. The standard InChI is InChI=1S/C20H23FN2O.ClH/c1-14(19(22)16-6-3-2-4-7-16)20(24)23-13-5-8-18(23)15-9-11-17(21)12-10-15;/h2-4,6-7,9-12,14,18-19H,5,8,13,22H2,1H3;1H.